The molecule has 1 aromatic rings. The van der Waals surface area contributed by atoms with Gasteiger partial charge in [-0.3, -0.25) is 0 Å². The molecule has 1 nitrogen and oxygen atoms in total. The highest BCUT2D eigenvalue weighted by Gasteiger charge is 2.20. The molecule has 24 heavy (non-hydrogen) atoms. The van der Waals surface area contributed by atoms with Crippen molar-refractivity contribution in [2.24, 2.45) is 5.92 Å². The molecule has 0 unspecified atom stereocenters. The Morgan fingerprint density at radius 1 is 1.08 bits per heavy atom. The van der Waals surface area contributed by atoms with Crippen LogP contribution in [-0.4, -0.2) is 6.61 Å². The number of rotatable bonds is 10. The first-order valence-corrected chi connectivity index (χ1v) is 9.77. The molecule has 0 bridgehead atoms. The summed E-state index contributed by atoms with van der Waals surface area (Å²) >= 11 is 0. The molecule has 0 amide bonds. The van der Waals surface area contributed by atoms with Crippen LogP contribution in [0, 0.1) is 5.92 Å². The van der Waals surface area contributed by atoms with E-state index >= 15 is 0 Å². The third-order valence-corrected chi connectivity index (χ3v) is 5.05. The molecule has 0 radical (unpaired) electrons. The molecule has 0 atom stereocenters. The lowest BCUT2D eigenvalue weighted by atomic mass is 9.78. The highest BCUT2D eigenvalue weighted by molar-refractivity contribution is 5.25. The third-order valence-electron chi connectivity index (χ3n) is 5.05. The summed E-state index contributed by atoms with van der Waals surface area (Å²) in [4.78, 5) is 0. The SMILES string of the molecule is C=CCCCOCc1ccc([C@H]2CC[C@H](/C=C/CCC)CC2)cc1. The van der Waals surface area contributed by atoms with E-state index in [0.29, 0.717) is 0 Å². The Balaban J connectivity index is 1.72. The van der Waals surface area contributed by atoms with Crippen LogP contribution in [0.25, 0.3) is 0 Å². The van der Waals surface area contributed by atoms with Gasteiger partial charge in [0.05, 0.1) is 6.61 Å². The maximum Gasteiger partial charge on any atom is 0.0716 e. The first-order chi connectivity index (χ1) is 11.8. The molecule has 1 fully saturated rings. The van der Waals surface area contributed by atoms with Crippen molar-refractivity contribution < 1.29 is 4.74 Å². The van der Waals surface area contributed by atoms with Crippen molar-refractivity contribution in [3.63, 3.8) is 0 Å². The van der Waals surface area contributed by atoms with Crippen LogP contribution in [-0.2, 0) is 11.3 Å². The Hall–Kier alpha value is -1.34. The molecule has 0 aliphatic heterocycles. The topological polar surface area (TPSA) is 9.23 Å². The Bertz CT molecular complexity index is 477. The van der Waals surface area contributed by atoms with Crippen molar-refractivity contribution in [2.75, 3.05) is 6.61 Å². The fraction of sp³-hybridized carbons (Fsp3) is 0.565. The zero-order chi connectivity index (χ0) is 17.0. The lowest BCUT2D eigenvalue weighted by Crippen LogP contribution is -2.11. The average Bonchev–Trinajstić information content (AvgIpc) is 2.63. The van der Waals surface area contributed by atoms with E-state index in [-0.39, 0.29) is 0 Å². The third kappa shape index (κ3) is 6.65. The Morgan fingerprint density at radius 3 is 2.50 bits per heavy atom. The van der Waals surface area contributed by atoms with Gasteiger partial charge < -0.3 is 4.74 Å². The van der Waals surface area contributed by atoms with E-state index in [1.807, 2.05) is 6.08 Å². The number of benzene rings is 1. The summed E-state index contributed by atoms with van der Waals surface area (Å²) in [5.41, 5.74) is 2.80. The van der Waals surface area contributed by atoms with Crippen LogP contribution < -0.4 is 0 Å². The Labute approximate surface area is 148 Å². The van der Waals surface area contributed by atoms with Gasteiger partial charge in [-0.1, -0.05) is 55.8 Å². The molecular formula is C23H34O. The van der Waals surface area contributed by atoms with Crippen molar-refractivity contribution in [2.45, 2.75) is 70.8 Å². The lowest BCUT2D eigenvalue weighted by molar-refractivity contribution is 0.119. The first-order valence-electron chi connectivity index (χ1n) is 9.77. The first kappa shape index (κ1) is 19.0. The molecule has 1 aromatic carbocycles. The molecule has 0 aromatic heterocycles. The predicted octanol–water partition coefficient (Wildman–Crippen LogP) is 6.80. The Kier molecular flexibility index (Phi) is 8.91. The van der Waals surface area contributed by atoms with Gasteiger partial charge in [0.15, 0.2) is 0 Å². The summed E-state index contributed by atoms with van der Waals surface area (Å²) in [6, 6.07) is 9.13. The maximum absolute atomic E-state index is 5.71. The number of allylic oxidation sites excluding steroid dienone is 3. The van der Waals surface area contributed by atoms with Crippen LogP contribution in [0.1, 0.15) is 75.3 Å². The lowest BCUT2D eigenvalue weighted by Gasteiger charge is -2.27. The quantitative estimate of drug-likeness (QED) is 0.339. The molecule has 2 rings (SSSR count). The second-order valence-electron chi connectivity index (χ2n) is 7.05. The van der Waals surface area contributed by atoms with E-state index in [4.69, 9.17) is 4.74 Å². The summed E-state index contributed by atoms with van der Waals surface area (Å²) < 4.78 is 5.71. The number of hydrogen-bond acceptors (Lipinski definition) is 1. The highest BCUT2D eigenvalue weighted by Crippen LogP contribution is 2.36. The molecule has 1 heteroatoms. The van der Waals surface area contributed by atoms with E-state index in [2.05, 4.69) is 49.9 Å². The van der Waals surface area contributed by atoms with E-state index in [9.17, 15) is 0 Å². The minimum absolute atomic E-state index is 0.729. The van der Waals surface area contributed by atoms with Gasteiger partial charge in [0.25, 0.3) is 0 Å². The molecule has 0 N–H and O–H groups in total. The zero-order valence-electron chi connectivity index (χ0n) is 15.4. The summed E-state index contributed by atoms with van der Waals surface area (Å²) in [5.74, 6) is 1.57. The smallest absolute Gasteiger partial charge is 0.0716 e. The van der Waals surface area contributed by atoms with Crippen LogP contribution in [0.5, 0.6) is 0 Å². The van der Waals surface area contributed by atoms with E-state index < -0.39 is 0 Å². The van der Waals surface area contributed by atoms with E-state index in [1.165, 1.54) is 49.7 Å². The normalized spacial score (nSPS) is 21.2. The van der Waals surface area contributed by atoms with E-state index in [1.54, 1.807) is 0 Å². The zero-order valence-corrected chi connectivity index (χ0v) is 15.4. The fourth-order valence-corrected chi connectivity index (χ4v) is 3.51. The summed E-state index contributed by atoms with van der Waals surface area (Å²) in [6.45, 7) is 7.53. The Morgan fingerprint density at radius 2 is 1.83 bits per heavy atom. The number of ether oxygens (including phenoxy) is 1. The van der Waals surface area contributed by atoms with Gasteiger partial charge >= 0.3 is 0 Å². The van der Waals surface area contributed by atoms with Crippen molar-refractivity contribution in [1.82, 2.24) is 0 Å². The van der Waals surface area contributed by atoms with Crippen LogP contribution in [0.15, 0.2) is 49.1 Å². The molecular weight excluding hydrogens is 292 g/mol. The molecule has 1 aliphatic carbocycles. The molecule has 132 valence electrons. The molecule has 1 aliphatic rings. The second kappa shape index (κ2) is 11.3. The maximum atomic E-state index is 5.71. The summed E-state index contributed by atoms with van der Waals surface area (Å²) in [6.07, 6.45) is 16.8. The van der Waals surface area contributed by atoms with E-state index in [0.717, 1.165) is 37.9 Å². The fourth-order valence-electron chi connectivity index (χ4n) is 3.51. The average molecular weight is 327 g/mol. The van der Waals surface area contributed by atoms with Crippen molar-refractivity contribution in [1.29, 1.82) is 0 Å². The second-order valence-corrected chi connectivity index (χ2v) is 7.05. The van der Waals surface area contributed by atoms with Gasteiger partial charge in [-0.15, -0.1) is 6.58 Å². The van der Waals surface area contributed by atoms with Crippen molar-refractivity contribution in [3.05, 3.63) is 60.2 Å². The summed E-state index contributed by atoms with van der Waals surface area (Å²) in [7, 11) is 0. The summed E-state index contributed by atoms with van der Waals surface area (Å²) in [5, 5.41) is 0. The molecule has 1 saturated carbocycles. The van der Waals surface area contributed by atoms with Gasteiger partial charge in [0, 0.05) is 6.61 Å². The van der Waals surface area contributed by atoms with Crippen LogP contribution in [0.4, 0.5) is 0 Å². The largest absolute Gasteiger partial charge is 0.377 e. The molecule has 0 spiro atoms. The minimum Gasteiger partial charge on any atom is -0.377 e. The minimum atomic E-state index is 0.729. The highest BCUT2D eigenvalue weighted by atomic mass is 16.5. The predicted molar refractivity (Wildman–Crippen MR) is 104 cm³/mol. The van der Waals surface area contributed by atoms with Crippen molar-refractivity contribution >= 4 is 0 Å². The number of unbranched alkanes of at least 4 members (excludes halogenated alkanes) is 2. The van der Waals surface area contributed by atoms with Crippen LogP contribution >= 0.6 is 0 Å². The monoisotopic (exact) mass is 326 g/mol. The van der Waals surface area contributed by atoms with Gasteiger partial charge in [-0.2, -0.15) is 0 Å². The van der Waals surface area contributed by atoms with Crippen LogP contribution in [0.3, 0.4) is 0 Å². The van der Waals surface area contributed by atoms with Gasteiger partial charge in [-0.25, -0.2) is 0 Å². The number of hydrogen-bond donors (Lipinski definition) is 0. The standard InChI is InChI=1S/C23H34O/c1-3-5-7-9-20-10-14-22(15-11-20)23-16-12-21(13-17-23)19-24-18-8-6-4-2/h4,7,9,12-13,16-17,20,22H,2-3,5-6,8,10-11,14-15,18-19H2,1H3/b9-7+/t20-,22-. The molecule has 0 saturated heterocycles. The molecule has 0 heterocycles. The van der Waals surface area contributed by atoms with Crippen molar-refractivity contribution in [3.8, 4) is 0 Å². The van der Waals surface area contributed by atoms with Crippen LogP contribution in [0.2, 0.25) is 0 Å². The van der Waals surface area contributed by atoms with Gasteiger partial charge in [0.2, 0.25) is 0 Å². The van der Waals surface area contributed by atoms with Gasteiger partial charge in [-0.05, 0) is 67.9 Å². The van der Waals surface area contributed by atoms with Gasteiger partial charge in [0.1, 0.15) is 0 Å².